The molecule has 0 bridgehead atoms. The van der Waals surface area contributed by atoms with E-state index in [0.29, 0.717) is 23.6 Å². The van der Waals surface area contributed by atoms with Crippen molar-refractivity contribution in [3.05, 3.63) is 39.3 Å². The van der Waals surface area contributed by atoms with Crippen LogP contribution in [-0.2, 0) is 0 Å². The zero-order chi connectivity index (χ0) is 15.9. The molecule has 2 aromatic rings. The molecule has 0 spiro atoms. The topological polar surface area (TPSA) is 51.6 Å². The van der Waals surface area contributed by atoms with E-state index in [2.05, 4.69) is 18.8 Å². The third-order valence-corrected chi connectivity index (χ3v) is 4.75. The van der Waals surface area contributed by atoms with E-state index >= 15 is 0 Å². The SMILES string of the molecule is COc1ccc2c(c1C)N=C(c1nc(C(C)C)cs1)CC2=O. The number of rotatable bonds is 3. The normalized spacial score (nSPS) is 14.0. The Bertz CT molecular complexity index is 775. The number of carbonyl (C=O) groups is 1. The van der Waals surface area contributed by atoms with Crippen molar-refractivity contribution >= 4 is 28.5 Å². The predicted molar refractivity (Wildman–Crippen MR) is 89.1 cm³/mol. The maximum atomic E-state index is 12.4. The van der Waals surface area contributed by atoms with E-state index < -0.39 is 0 Å². The van der Waals surface area contributed by atoms with Gasteiger partial charge in [0.05, 0.1) is 30.6 Å². The summed E-state index contributed by atoms with van der Waals surface area (Å²) in [5.74, 6) is 1.21. The number of hydrogen-bond acceptors (Lipinski definition) is 5. The van der Waals surface area contributed by atoms with Crippen LogP contribution in [0.15, 0.2) is 22.5 Å². The molecule has 0 saturated carbocycles. The highest BCUT2D eigenvalue weighted by Gasteiger charge is 2.25. The lowest BCUT2D eigenvalue weighted by Crippen LogP contribution is -2.15. The molecule has 5 heteroatoms. The molecule has 1 aromatic heterocycles. The standard InChI is InChI=1S/C17H18N2O2S/c1-9(2)13-8-22-17(19-13)12-7-14(20)11-5-6-15(21-4)10(3)16(11)18-12/h5-6,8-9H,7H2,1-4H3. The third-order valence-electron chi connectivity index (χ3n) is 3.84. The van der Waals surface area contributed by atoms with Gasteiger partial charge < -0.3 is 4.74 Å². The molecular weight excluding hydrogens is 296 g/mol. The average molecular weight is 314 g/mol. The van der Waals surface area contributed by atoms with E-state index in [1.165, 1.54) is 0 Å². The second kappa shape index (κ2) is 5.65. The summed E-state index contributed by atoms with van der Waals surface area (Å²) in [5.41, 5.74) is 4.08. The summed E-state index contributed by atoms with van der Waals surface area (Å²) in [6.07, 6.45) is 0.309. The van der Waals surface area contributed by atoms with Gasteiger partial charge in [0, 0.05) is 16.5 Å². The summed E-state index contributed by atoms with van der Waals surface area (Å²) in [4.78, 5) is 21.7. The second-order valence-electron chi connectivity index (χ2n) is 5.68. The van der Waals surface area contributed by atoms with Crippen LogP contribution < -0.4 is 4.74 Å². The van der Waals surface area contributed by atoms with Crippen LogP contribution in [0.2, 0.25) is 0 Å². The van der Waals surface area contributed by atoms with E-state index in [0.717, 1.165) is 27.7 Å². The lowest BCUT2D eigenvalue weighted by atomic mass is 9.97. The fourth-order valence-electron chi connectivity index (χ4n) is 2.50. The highest BCUT2D eigenvalue weighted by atomic mass is 32.1. The first-order chi connectivity index (χ1) is 10.5. The molecule has 1 aliphatic heterocycles. The molecule has 0 saturated heterocycles. The Morgan fingerprint density at radius 2 is 2.09 bits per heavy atom. The van der Waals surface area contributed by atoms with Gasteiger partial charge in [0.1, 0.15) is 10.8 Å². The second-order valence-corrected chi connectivity index (χ2v) is 6.54. The van der Waals surface area contributed by atoms with Crippen LogP contribution in [0.1, 0.15) is 52.8 Å². The lowest BCUT2D eigenvalue weighted by Gasteiger charge is -2.17. The van der Waals surface area contributed by atoms with E-state index in [1.54, 1.807) is 24.5 Å². The van der Waals surface area contributed by atoms with Gasteiger partial charge in [0.2, 0.25) is 0 Å². The lowest BCUT2D eigenvalue weighted by molar-refractivity contribution is 0.1000. The van der Waals surface area contributed by atoms with E-state index in [9.17, 15) is 4.79 Å². The minimum atomic E-state index is 0.0899. The molecular formula is C17H18N2O2S. The van der Waals surface area contributed by atoms with Gasteiger partial charge in [0.15, 0.2) is 5.78 Å². The van der Waals surface area contributed by atoms with Crippen LogP contribution in [0.25, 0.3) is 0 Å². The van der Waals surface area contributed by atoms with Crippen molar-refractivity contribution in [1.82, 2.24) is 4.98 Å². The fourth-order valence-corrected chi connectivity index (χ4v) is 3.47. The first-order valence-electron chi connectivity index (χ1n) is 7.25. The number of hydrogen-bond donors (Lipinski definition) is 0. The molecule has 2 heterocycles. The molecule has 114 valence electrons. The quantitative estimate of drug-likeness (QED) is 0.849. The number of Topliss-reactive ketones (excluding diaryl/α,β-unsaturated/α-hetero) is 1. The van der Waals surface area contributed by atoms with Gasteiger partial charge in [-0.25, -0.2) is 9.98 Å². The molecule has 1 aliphatic rings. The zero-order valence-electron chi connectivity index (χ0n) is 13.1. The molecule has 0 radical (unpaired) electrons. The molecule has 4 nitrogen and oxygen atoms in total. The minimum Gasteiger partial charge on any atom is -0.496 e. The van der Waals surface area contributed by atoms with Crippen molar-refractivity contribution in [1.29, 1.82) is 0 Å². The third kappa shape index (κ3) is 2.46. The van der Waals surface area contributed by atoms with Gasteiger partial charge in [0.25, 0.3) is 0 Å². The Morgan fingerprint density at radius 3 is 2.73 bits per heavy atom. The Balaban J connectivity index is 2.09. The highest BCUT2D eigenvalue weighted by molar-refractivity contribution is 7.12. The maximum Gasteiger partial charge on any atom is 0.171 e. The Hall–Kier alpha value is -2.01. The summed E-state index contributed by atoms with van der Waals surface area (Å²) in [6, 6.07) is 3.62. The number of aromatic nitrogens is 1. The molecule has 22 heavy (non-hydrogen) atoms. The van der Waals surface area contributed by atoms with Gasteiger partial charge in [-0.2, -0.15) is 0 Å². The number of ether oxygens (including phenoxy) is 1. The number of carbonyl (C=O) groups excluding carboxylic acids is 1. The van der Waals surface area contributed by atoms with Crippen LogP contribution in [-0.4, -0.2) is 23.6 Å². The molecule has 1 aromatic carbocycles. The fraction of sp³-hybridized carbons (Fsp3) is 0.353. The predicted octanol–water partition coefficient (Wildman–Crippen LogP) is 4.29. The van der Waals surface area contributed by atoms with Gasteiger partial charge in [-0.05, 0) is 25.0 Å². The number of aliphatic imine (C=N–C) groups is 1. The number of ketones is 1. The zero-order valence-corrected chi connectivity index (χ0v) is 14.0. The first kappa shape index (κ1) is 14.9. The van der Waals surface area contributed by atoms with Gasteiger partial charge in [-0.15, -0.1) is 11.3 Å². The Kier molecular flexibility index (Phi) is 3.83. The summed E-state index contributed by atoms with van der Waals surface area (Å²) in [7, 11) is 1.62. The summed E-state index contributed by atoms with van der Waals surface area (Å²) in [6.45, 7) is 6.15. The van der Waals surface area contributed by atoms with E-state index in [-0.39, 0.29) is 5.78 Å². The summed E-state index contributed by atoms with van der Waals surface area (Å²) >= 11 is 1.55. The summed E-state index contributed by atoms with van der Waals surface area (Å²) < 4.78 is 5.33. The largest absolute Gasteiger partial charge is 0.496 e. The summed E-state index contributed by atoms with van der Waals surface area (Å²) in [5, 5.41) is 2.88. The maximum absolute atomic E-state index is 12.4. The van der Waals surface area contributed by atoms with Crippen molar-refractivity contribution in [2.75, 3.05) is 7.11 Å². The smallest absolute Gasteiger partial charge is 0.171 e. The molecule has 3 rings (SSSR count). The van der Waals surface area contributed by atoms with Crippen LogP contribution in [0.4, 0.5) is 5.69 Å². The molecule has 0 atom stereocenters. The molecule has 0 aliphatic carbocycles. The average Bonchev–Trinajstić information content (AvgIpc) is 2.98. The van der Waals surface area contributed by atoms with Gasteiger partial charge in [-0.3, -0.25) is 4.79 Å². The van der Waals surface area contributed by atoms with Crippen molar-refractivity contribution < 1.29 is 9.53 Å². The molecule has 0 fully saturated rings. The molecule has 0 amide bonds. The molecule has 0 unspecified atom stereocenters. The number of thiazole rings is 1. The highest BCUT2D eigenvalue weighted by Crippen LogP contribution is 2.36. The number of benzene rings is 1. The van der Waals surface area contributed by atoms with Crippen LogP contribution in [0.3, 0.4) is 0 Å². The van der Waals surface area contributed by atoms with Crippen molar-refractivity contribution in [2.24, 2.45) is 4.99 Å². The Morgan fingerprint density at radius 1 is 1.32 bits per heavy atom. The van der Waals surface area contributed by atoms with Crippen molar-refractivity contribution in [2.45, 2.75) is 33.1 Å². The first-order valence-corrected chi connectivity index (χ1v) is 8.13. The van der Waals surface area contributed by atoms with Crippen molar-refractivity contribution in [3.8, 4) is 5.75 Å². The van der Waals surface area contributed by atoms with Gasteiger partial charge in [-0.1, -0.05) is 13.8 Å². The van der Waals surface area contributed by atoms with Gasteiger partial charge >= 0.3 is 0 Å². The van der Waals surface area contributed by atoms with Crippen LogP contribution in [0, 0.1) is 6.92 Å². The number of methoxy groups -OCH3 is 1. The van der Waals surface area contributed by atoms with E-state index in [4.69, 9.17) is 9.73 Å². The number of nitrogens with zero attached hydrogens (tertiary/aromatic N) is 2. The monoisotopic (exact) mass is 314 g/mol. The Labute approximate surface area is 133 Å². The minimum absolute atomic E-state index is 0.0899. The van der Waals surface area contributed by atoms with Crippen LogP contribution in [0.5, 0.6) is 5.75 Å². The number of fused-ring (bicyclic) bond motifs is 1. The molecule has 0 N–H and O–H groups in total. The van der Waals surface area contributed by atoms with Crippen molar-refractivity contribution in [3.63, 3.8) is 0 Å². The van der Waals surface area contributed by atoms with E-state index in [1.807, 2.05) is 18.4 Å². The van der Waals surface area contributed by atoms with Crippen LogP contribution >= 0.6 is 11.3 Å².